The zero-order valence-electron chi connectivity index (χ0n) is 12.2. The fourth-order valence-corrected chi connectivity index (χ4v) is 2.47. The van der Waals surface area contributed by atoms with E-state index in [1.807, 2.05) is 53.1 Å². The van der Waals surface area contributed by atoms with Crippen molar-refractivity contribution >= 4 is 22.7 Å². The molecule has 110 valence electrons. The molecule has 0 unspecified atom stereocenters. The van der Waals surface area contributed by atoms with Gasteiger partial charge in [0.1, 0.15) is 6.33 Å². The van der Waals surface area contributed by atoms with Crippen LogP contribution >= 0.6 is 0 Å². The molecule has 4 heteroatoms. The van der Waals surface area contributed by atoms with Crippen LogP contribution in [0.2, 0.25) is 0 Å². The van der Waals surface area contributed by atoms with Gasteiger partial charge in [-0.25, -0.2) is 9.78 Å². The molecule has 0 saturated carbocycles. The predicted molar refractivity (Wildman–Crippen MR) is 86.6 cm³/mol. The Kier molecular flexibility index (Phi) is 3.74. The van der Waals surface area contributed by atoms with Crippen molar-refractivity contribution in [3.8, 4) is 0 Å². The number of aryl methyl sites for hydroxylation is 1. The topological polar surface area (TPSA) is 55.1 Å². The van der Waals surface area contributed by atoms with E-state index in [0.717, 1.165) is 23.0 Å². The summed E-state index contributed by atoms with van der Waals surface area (Å²) in [7, 11) is 0. The molecular weight excluding hydrogens is 276 g/mol. The predicted octanol–water partition coefficient (Wildman–Crippen LogP) is 3.57. The Hall–Kier alpha value is -2.88. The molecule has 1 N–H and O–H groups in total. The maximum Gasteiger partial charge on any atom is 0.330 e. The van der Waals surface area contributed by atoms with Crippen LogP contribution in [0.4, 0.5) is 0 Å². The monoisotopic (exact) mass is 292 g/mol. The summed E-state index contributed by atoms with van der Waals surface area (Å²) < 4.78 is 1.81. The molecule has 0 fully saturated rings. The summed E-state index contributed by atoms with van der Waals surface area (Å²) >= 11 is 0. The summed E-state index contributed by atoms with van der Waals surface area (Å²) in [6.07, 6.45) is 3.83. The molecule has 0 radical (unpaired) electrons. The molecule has 0 amide bonds. The van der Waals surface area contributed by atoms with Gasteiger partial charge >= 0.3 is 5.97 Å². The second kappa shape index (κ2) is 5.85. The van der Waals surface area contributed by atoms with Gasteiger partial charge in [-0.15, -0.1) is 0 Å². The van der Waals surface area contributed by atoms with E-state index in [1.165, 1.54) is 11.6 Å². The highest BCUT2D eigenvalue weighted by atomic mass is 16.4. The molecule has 0 aliphatic carbocycles. The summed E-state index contributed by atoms with van der Waals surface area (Å²) in [5, 5.41) is 9.21. The zero-order chi connectivity index (χ0) is 15.5. The third-order valence-corrected chi connectivity index (χ3v) is 3.63. The van der Waals surface area contributed by atoms with E-state index in [0.29, 0.717) is 5.70 Å². The third-order valence-electron chi connectivity index (χ3n) is 3.63. The largest absolute Gasteiger partial charge is 0.478 e. The molecule has 4 nitrogen and oxygen atoms in total. The van der Waals surface area contributed by atoms with Gasteiger partial charge < -0.3 is 5.11 Å². The lowest BCUT2D eigenvalue weighted by atomic mass is 10.1. The van der Waals surface area contributed by atoms with E-state index in [1.54, 1.807) is 6.33 Å². The summed E-state index contributed by atoms with van der Waals surface area (Å²) in [6.45, 7) is 2.09. The van der Waals surface area contributed by atoms with Gasteiger partial charge in [0.25, 0.3) is 0 Å². The van der Waals surface area contributed by atoms with Crippen LogP contribution in [0.25, 0.3) is 16.7 Å². The minimum absolute atomic E-state index is 0.601. The SMILES string of the molecule is CCc1ccc(/C(=C\C(=O)O)n2cnc3ccccc32)cc1. The van der Waals surface area contributed by atoms with Crippen LogP contribution in [0.5, 0.6) is 0 Å². The Morgan fingerprint density at radius 3 is 2.59 bits per heavy atom. The Bertz CT molecular complexity index is 845. The number of para-hydroxylation sites is 2. The molecule has 0 saturated heterocycles. The van der Waals surface area contributed by atoms with Crippen LogP contribution in [-0.2, 0) is 11.2 Å². The van der Waals surface area contributed by atoms with Crippen molar-refractivity contribution in [2.24, 2.45) is 0 Å². The smallest absolute Gasteiger partial charge is 0.330 e. The molecule has 2 aromatic carbocycles. The maximum absolute atomic E-state index is 11.2. The number of aliphatic carboxylic acids is 1. The number of imidazole rings is 1. The van der Waals surface area contributed by atoms with E-state index in [9.17, 15) is 9.90 Å². The fourth-order valence-electron chi connectivity index (χ4n) is 2.47. The second-order valence-corrected chi connectivity index (χ2v) is 5.02. The van der Waals surface area contributed by atoms with E-state index in [4.69, 9.17) is 0 Å². The van der Waals surface area contributed by atoms with Gasteiger partial charge in [-0.05, 0) is 29.7 Å². The standard InChI is InChI=1S/C18H16N2O2/c1-2-13-7-9-14(10-8-13)17(11-18(21)22)20-12-19-15-5-3-4-6-16(15)20/h3-12H,2H2,1H3,(H,21,22)/b17-11+. The molecular formula is C18H16N2O2. The number of fused-ring (bicyclic) bond motifs is 1. The highest BCUT2D eigenvalue weighted by Crippen LogP contribution is 2.23. The molecule has 3 rings (SSSR count). The lowest BCUT2D eigenvalue weighted by Gasteiger charge is -2.10. The highest BCUT2D eigenvalue weighted by molar-refractivity contribution is 5.92. The molecule has 1 aromatic heterocycles. The first-order chi connectivity index (χ1) is 10.7. The normalized spacial score (nSPS) is 11.8. The van der Waals surface area contributed by atoms with Crippen molar-refractivity contribution in [2.75, 3.05) is 0 Å². The number of nitrogens with zero attached hydrogens (tertiary/aromatic N) is 2. The average Bonchev–Trinajstić information content (AvgIpc) is 2.96. The van der Waals surface area contributed by atoms with Crippen LogP contribution < -0.4 is 0 Å². The van der Waals surface area contributed by atoms with Gasteiger partial charge in [0.05, 0.1) is 16.7 Å². The lowest BCUT2D eigenvalue weighted by Crippen LogP contribution is -2.01. The molecule has 0 bridgehead atoms. The number of hydrogen-bond acceptors (Lipinski definition) is 2. The first kappa shape index (κ1) is 14.1. The molecule has 1 heterocycles. The van der Waals surface area contributed by atoms with Gasteiger partial charge in [-0.3, -0.25) is 4.57 Å². The summed E-state index contributed by atoms with van der Waals surface area (Å²) in [5.74, 6) is -0.979. The first-order valence-corrected chi connectivity index (χ1v) is 7.15. The Balaban J connectivity index is 2.16. The maximum atomic E-state index is 11.2. The Labute approximate surface area is 128 Å². The lowest BCUT2D eigenvalue weighted by molar-refractivity contribution is -0.131. The van der Waals surface area contributed by atoms with Crippen LogP contribution in [0.3, 0.4) is 0 Å². The molecule has 22 heavy (non-hydrogen) atoms. The van der Waals surface area contributed by atoms with Crippen molar-refractivity contribution < 1.29 is 9.90 Å². The van der Waals surface area contributed by atoms with E-state index < -0.39 is 5.97 Å². The van der Waals surface area contributed by atoms with Crippen molar-refractivity contribution in [3.05, 3.63) is 72.1 Å². The quantitative estimate of drug-likeness (QED) is 0.748. The number of carboxylic acid groups (broad SMARTS) is 1. The third kappa shape index (κ3) is 2.63. The van der Waals surface area contributed by atoms with Crippen molar-refractivity contribution in [1.82, 2.24) is 9.55 Å². The highest BCUT2D eigenvalue weighted by Gasteiger charge is 2.10. The number of hydrogen-bond donors (Lipinski definition) is 1. The van der Waals surface area contributed by atoms with Crippen molar-refractivity contribution in [2.45, 2.75) is 13.3 Å². The number of aromatic nitrogens is 2. The van der Waals surface area contributed by atoms with E-state index in [2.05, 4.69) is 11.9 Å². The number of benzene rings is 2. The van der Waals surface area contributed by atoms with Gasteiger partial charge in [0.15, 0.2) is 0 Å². The van der Waals surface area contributed by atoms with Crippen molar-refractivity contribution in [3.63, 3.8) is 0 Å². The molecule has 0 aliphatic heterocycles. The Morgan fingerprint density at radius 1 is 1.18 bits per heavy atom. The van der Waals surface area contributed by atoms with Crippen LogP contribution in [0, 0.1) is 0 Å². The number of carbonyl (C=O) groups is 1. The van der Waals surface area contributed by atoms with Gasteiger partial charge in [0.2, 0.25) is 0 Å². The minimum atomic E-state index is -0.979. The second-order valence-electron chi connectivity index (χ2n) is 5.02. The molecule has 0 aliphatic rings. The zero-order valence-corrected chi connectivity index (χ0v) is 12.2. The number of rotatable bonds is 4. The van der Waals surface area contributed by atoms with Gasteiger partial charge in [0, 0.05) is 6.08 Å². The summed E-state index contributed by atoms with van der Waals surface area (Å²) in [5.41, 5.74) is 4.39. The van der Waals surface area contributed by atoms with E-state index >= 15 is 0 Å². The Morgan fingerprint density at radius 2 is 1.91 bits per heavy atom. The molecule has 3 aromatic rings. The molecule has 0 atom stereocenters. The number of carboxylic acids is 1. The first-order valence-electron chi connectivity index (χ1n) is 7.15. The van der Waals surface area contributed by atoms with Gasteiger partial charge in [-0.1, -0.05) is 43.3 Å². The summed E-state index contributed by atoms with van der Waals surface area (Å²) in [6, 6.07) is 15.6. The summed E-state index contributed by atoms with van der Waals surface area (Å²) in [4.78, 5) is 15.6. The van der Waals surface area contributed by atoms with Crippen LogP contribution in [0.15, 0.2) is 60.9 Å². The fraction of sp³-hybridized carbons (Fsp3) is 0.111. The van der Waals surface area contributed by atoms with Crippen LogP contribution in [-0.4, -0.2) is 20.6 Å². The molecule has 0 spiro atoms. The van der Waals surface area contributed by atoms with Crippen molar-refractivity contribution in [1.29, 1.82) is 0 Å². The van der Waals surface area contributed by atoms with Crippen LogP contribution in [0.1, 0.15) is 18.1 Å². The minimum Gasteiger partial charge on any atom is -0.478 e. The van der Waals surface area contributed by atoms with Gasteiger partial charge in [-0.2, -0.15) is 0 Å². The van der Waals surface area contributed by atoms with E-state index in [-0.39, 0.29) is 0 Å². The average molecular weight is 292 g/mol.